The first-order chi connectivity index (χ1) is 17.1. The minimum Gasteiger partial charge on any atom is -0.383 e. The highest BCUT2D eigenvalue weighted by atomic mass is 15.0. The molecule has 5 rings (SSSR count). The Kier molecular flexibility index (Phi) is 5.70. The van der Waals surface area contributed by atoms with Gasteiger partial charge in [0.1, 0.15) is 23.8 Å². The minimum atomic E-state index is 0.447. The Morgan fingerprint density at radius 3 is 2.63 bits per heavy atom. The van der Waals surface area contributed by atoms with Crippen LogP contribution in [0.15, 0.2) is 73.2 Å². The normalized spacial score (nSPS) is 10.7. The van der Waals surface area contributed by atoms with E-state index in [1.807, 2.05) is 74.6 Å². The van der Waals surface area contributed by atoms with Crippen LogP contribution in [-0.4, -0.2) is 27.0 Å². The van der Waals surface area contributed by atoms with Gasteiger partial charge in [0.25, 0.3) is 0 Å². The lowest BCUT2D eigenvalue weighted by Gasteiger charge is -2.17. The SMILES string of the molecule is C#Cc1cccc(-c2cc3c(Nc4ncccc4-c4cc(NC)ncn4)c(C)ccc3c(N)n2)c1. The van der Waals surface area contributed by atoms with Crippen molar-refractivity contribution in [2.75, 3.05) is 23.4 Å². The molecule has 0 aliphatic rings. The summed E-state index contributed by atoms with van der Waals surface area (Å²) in [5.41, 5.74) is 12.4. The molecular weight excluding hydrogens is 434 g/mol. The summed E-state index contributed by atoms with van der Waals surface area (Å²) < 4.78 is 0. The van der Waals surface area contributed by atoms with E-state index in [0.29, 0.717) is 11.6 Å². The Morgan fingerprint density at radius 2 is 1.80 bits per heavy atom. The van der Waals surface area contributed by atoms with Gasteiger partial charge in [-0.2, -0.15) is 0 Å². The molecule has 2 aromatic carbocycles. The highest BCUT2D eigenvalue weighted by molar-refractivity contribution is 6.04. The van der Waals surface area contributed by atoms with Crippen LogP contribution in [0.1, 0.15) is 11.1 Å². The van der Waals surface area contributed by atoms with E-state index >= 15 is 0 Å². The Hall–Kier alpha value is -4.96. The molecule has 170 valence electrons. The maximum atomic E-state index is 6.41. The van der Waals surface area contributed by atoms with Gasteiger partial charge in [-0.1, -0.05) is 30.2 Å². The smallest absolute Gasteiger partial charge is 0.139 e. The molecule has 0 aliphatic heterocycles. The molecule has 0 bridgehead atoms. The molecule has 0 saturated heterocycles. The van der Waals surface area contributed by atoms with E-state index in [1.54, 1.807) is 6.20 Å². The molecule has 0 spiro atoms. The van der Waals surface area contributed by atoms with Crippen molar-refractivity contribution in [1.82, 2.24) is 19.9 Å². The number of pyridine rings is 2. The monoisotopic (exact) mass is 457 g/mol. The summed E-state index contributed by atoms with van der Waals surface area (Å²) in [5.74, 6) is 4.53. The number of nitrogens with two attached hydrogens (primary N) is 1. The summed E-state index contributed by atoms with van der Waals surface area (Å²) in [6.45, 7) is 2.05. The zero-order chi connectivity index (χ0) is 24.4. The second-order valence-corrected chi connectivity index (χ2v) is 8.03. The minimum absolute atomic E-state index is 0.447. The summed E-state index contributed by atoms with van der Waals surface area (Å²) in [6.07, 6.45) is 8.88. The standard InChI is InChI=1S/C28H23N7/c1-4-18-7-5-8-19(13-18)23-14-22-20(27(29)34-23)11-10-17(2)26(22)35-28-21(9-6-12-31-28)24-15-25(30-3)33-16-32-24/h1,5-16H,2-3H3,(H2,29,34)(H,31,35)(H,30,32,33). The van der Waals surface area contributed by atoms with Crippen molar-refractivity contribution in [3.05, 3.63) is 84.3 Å². The van der Waals surface area contributed by atoms with E-state index in [0.717, 1.165) is 55.9 Å². The van der Waals surface area contributed by atoms with E-state index in [9.17, 15) is 0 Å². The largest absolute Gasteiger partial charge is 0.383 e. The number of hydrogen-bond donors (Lipinski definition) is 3. The molecular formula is C28H23N7. The van der Waals surface area contributed by atoms with E-state index in [-0.39, 0.29) is 0 Å². The third kappa shape index (κ3) is 4.21. The summed E-state index contributed by atoms with van der Waals surface area (Å²) in [4.78, 5) is 17.9. The first kappa shape index (κ1) is 21.9. The molecule has 5 aromatic rings. The van der Waals surface area contributed by atoms with Crippen LogP contribution in [0.3, 0.4) is 0 Å². The summed E-state index contributed by atoms with van der Waals surface area (Å²) in [6, 6.07) is 19.5. The van der Waals surface area contributed by atoms with Gasteiger partial charge in [-0.25, -0.2) is 19.9 Å². The van der Waals surface area contributed by atoms with Crippen LogP contribution in [0.25, 0.3) is 33.3 Å². The van der Waals surface area contributed by atoms with Crippen LogP contribution in [0.4, 0.5) is 23.1 Å². The number of aryl methyl sites for hydroxylation is 1. The molecule has 7 nitrogen and oxygen atoms in total. The van der Waals surface area contributed by atoms with Crippen molar-refractivity contribution in [2.45, 2.75) is 6.92 Å². The molecule has 0 unspecified atom stereocenters. The fourth-order valence-corrected chi connectivity index (χ4v) is 4.01. The van der Waals surface area contributed by atoms with E-state index in [1.165, 1.54) is 6.33 Å². The fourth-order valence-electron chi connectivity index (χ4n) is 4.01. The summed E-state index contributed by atoms with van der Waals surface area (Å²) in [7, 11) is 1.82. The number of aromatic nitrogens is 4. The number of anilines is 4. The topological polar surface area (TPSA) is 102 Å². The van der Waals surface area contributed by atoms with E-state index in [4.69, 9.17) is 12.2 Å². The second kappa shape index (κ2) is 9.12. The average molecular weight is 458 g/mol. The van der Waals surface area contributed by atoms with Crippen molar-refractivity contribution in [1.29, 1.82) is 0 Å². The number of nitrogen functional groups attached to an aromatic ring is 1. The highest BCUT2D eigenvalue weighted by Crippen LogP contribution is 2.36. The van der Waals surface area contributed by atoms with E-state index in [2.05, 4.69) is 36.5 Å². The average Bonchev–Trinajstić information content (AvgIpc) is 2.90. The maximum Gasteiger partial charge on any atom is 0.139 e. The van der Waals surface area contributed by atoms with Crippen LogP contribution in [0.2, 0.25) is 0 Å². The lowest BCUT2D eigenvalue weighted by Crippen LogP contribution is -2.02. The Balaban J connectivity index is 1.66. The fraction of sp³-hybridized carbons (Fsp3) is 0.0714. The van der Waals surface area contributed by atoms with Crippen molar-refractivity contribution in [3.63, 3.8) is 0 Å². The van der Waals surface area contributed by atoms with Gasteiger partial charge in [0, 0.05) is 46.8 Å². The predicted molar refractivity (Wildman–Crippen MR) is 142 cm³/mol. The molecule has 4 N–H and O–H groups in total. The van der Waals surface area contributed by atoms with Gasteiger partial charge in [0.05, 0.1) is 17.1 Å². The number of fused-ring (bicyclic) bond motifs is 1. The summed E-state index contributed by atoms with van der Waals surface area (Å²) in [5, 5.41) is 8.38. The van der Waals surface area contributed by atoms with Crippen LogP contribution >= 0.6 is 0 Å². The van der Waals surface area contributed by atoms with Crippen LogP contribution in [0.5, 0.6) is 0 Å². The number of rotatable bonds is 5. The van der Waals surface area contributed by atoms with Gasteiger partial charge >= 0.3 is 0 Å². The van der Waals surface area contributed by atoms with Gasteiger partial charge in [-0.3, -0.25) is 0 Å². The van der Waals surface area contributed by atoms with Gasteiger partial charge in [0.2, 0.25) is 0 Å². The third-order valence-corrected chi connectivity index (χ3v) is 5.83. The molecule has 0 atom stereocenters. The lowest BCUT2D eigenvalue weighted by molar-refractivity contribution is 1.16. The van der Waals surface area contributed by atoms with Gasteiger partial charge < -0.3 is 16.4 Å². The first-order valence-electron chi connectivity index (χ1n) is 11.1. The second-order valence-electron chi connectivity index (χ2n) is 8.03. The molecule has 0 fully saturated rings. The van der Waals surface area contributed by atoms with Crippen molar-refractivity contribution >= 4 is 33.9 Å². The first-order valence-corrected chi connectivity index (χ1v) is 11.1. The van der Waals surface area contributed by atoms with Gasteiger partial charge in [-0.15, -0.1) is 6.42 Å². The Bertz CT molecular complexity index is 1600. The van der Waals surface area contributed by atoms with Crippen LogP contribution in [-0.2, 0) is 0 Å². The number of nitrogens with one attached hydrogen (secondary N) is 2. The number of nitrogens with zero attached hydrogens (tertiary/aromatic N) is 4. The zero-order valence-electron chi connectivity index (χ0n) is 19.4. The highest BCUT2D eigenvalue weighted by Gasteiger charge is 2.15. The van der Waals surface area contributed by atoms with Crippen LogP contribution < -0.4 is 16.4 Å². The van der Waals surface area contributed by atoms with Crippen molar-refractivity contribution < 1.29 is 0 Å². The molecule has 3 aromatic heterocycles. The molecule has 0 saturated carbocycles. The molecule has 35 heavy (non-hydrogen) atoms. The number of hydrogen-bond acceptors (Lipinski definition) is 7. The van der Waals surface area contributed by atoms with Gasteiger partial charge in [0.15, 0.2) is 0 Å². The Morgan fingerprint density at radius 1 is 0.914 bits per heavy atom. The third-order valence-electron chi connectivity index (χ3n) is 5.83. The maximum absolute atomic E-state index is 6.41. The quantitative estimate of drug-likeness (QED) is 0.303. The molecule has 7 heteroatoms. The molecule has 0 radical (unpaired) electrons. The molecule has 0 amide bonds. The van der Waals surface area contributed by atoms with E-state index < -0.39 is 0 Å². The summed E-state index contributed by atoms with van der Waals surface area (Å²) >= 11 is 0. The predicted octanol–water partition coefficient (Wildman–Crippen LogP) is 5.41. The van der Waals surface area contributed by atoms with Crippen molar-refractivity contribution in [2.24, 2.45) is 0 Å². The molecule has 3 heterocycles. The lowest BCUT2D eigenvalue weighted by atomic mass is 10.0. The van der Waals surface area contributed by atoms with Crippen LogP contribution in [0, 0.1) is 19.3 Å². The molecule has 0 aliphatic carbocycles. The number of benzene rings is 2. The van der Waals surface area contributed by atoms with Crippen molar-refractivity contribution in [3.8, 4) is 34.9 Å². The van der Waals surface area contributed by atoms with Gasteiger partial charge in [-0.05, 0) is 42.8 Å². The zero-order valence-corrected chi connectivity index (χ0v) is 19.4. The Labute approximate surface area is 203 Å². The number of terminal acetylenes is 1.